The van der Waals surface area contributed by atoms with Crippen LogP contribution in [0, 0.1) is 0 Å². The average molecular weight is 413 g/mol. The van der Waals surface area contributed by atoms with Gasteiger partial charge in [0.2, 0.25) is 5.91 Å². The number of amides is 1. The van der Waals surface area contributed by atoms with Gasteiger partial charge in [0.1, 0.15) is 17.2 Å². The second-order valence-electron chi connectivity index (χ2n) is 7.69. The number of hydrogen-bond donors (Lipinski definition) is 1. The topological polar surface area (TPSA) is 62.2 Å². The molecular formula is C24H32N2O4. The average Bonchev–Trinajstić information content (AvgIpc) is 3.25. The van der Waals surface area contributed by atoms with Gasteiger partial charge in [0.05, 0.1) is 26.8 Å². The Labute approximate surface area is 179 Å². The van der Waals surface area contributed by atoms with Crippen molar-refractivity contribution >= 4 is 5.91 Å². The maximum Gasteiger partial charge on any atom is 0.237 e. The Hall–Kier alpha value is -2.73. The van der Waals surface area contributed by atoms with Crippen LogP contribution < -0.4 is 9.47 Å². The van der Waals surface area contributed by atoms with Crippen LogP contribution in [0.4, 0.5) is 0 Å². The molecule has 1 N–H and O–H groups in total. The van der Waals surface area contributed by atoms with Crippen molar-refractivity contribution in [3.63, 3.8) is 0 Å². The van der Waals surface area contributed by atoms with Gasteiger partial charge >= 0.3 is 0 Å². The van der Waals surface area contributed by atoms with Crippen LogP contribution in [0.25, 0.3) is 0 Å². The summed E-state index contributed by atoms with van der Waals surface area (Å²) in [7, 11) is 3.30. The molecule has 1 saturated heterocycles. The minimum absolute atomic E-state index is 0.0174. The Morgan fingerprint density at radius 2 is 2.00 bits per heavy atom. The van der Waals surface area contributed by atoms with Gasteiger partial charge in [-0.05, 0) is 50.1 Å². The molecule has 0 bridgehead atoms. The molecule has 1 atom stereocenters. The van der Waals surface area contributed by atoms with Gasteiger partial charge in [-0.15, -0.1) is 0 Å². The Morgan fingerprint density at radius 1 is 1.20 bits per heavy atom. The van der Waals surface area contributed by atoms with Crippen molar-refractivity contribution in [2.75, 3.05) is 33.9 Å². The number of aromatic hydroxyl groups is 1. The van der Waals surface area contributed by atoms with Crippen LogP contribution in [0.5, 0.6) is 17.2 Å². The first-order chi connectivity index (χ1) is 14.6. The molecule has 1 amide bonds. The highest BCUT2D eigenvalue weighted by Crippen LogP contribution is 2.39. The molecule has 1 fully saturated rings. The highest BCUT2D eigenvalue weighted by molar-refractivity contribution is 5.79. The number of nitrogens with zero attached hydrogens (tertiary/aromatic N) is 2. The van der Waals surface area contributed by atoms with Crippen LogP contribution in [-0.2, 0) is 11.3 Å². The number of phenolic OH excluding ortho intramolecular Hbond substituents is 1. The molecule has 2 aromatic rings. The molecule has 1 heterocycles. The molecule has 0 radical (unpaired) electrons. The number of rotatable bonds is 9. The van der Waals surface area contributed by atoms with Crippen molar-refractivity contribution in [1.29, 1.82) is 0 Å². The lowest BCUT2D eigenvalue weighted by Crippen LogP contribution is -2.40. The van der Waals surface area contributed by atoms with Crippen LogP contribution in [-0.4, -0.2) is 54.7 Å². The SMILES string of the molecule is CCCN(CC(=O)N1CCCC1c1cc(OC)ccc1OC)Cc1ccccc1O. The smallest absolute Gasteiger partial charge is 0.237 e. The summed E-state index contributed by atoms with van der Waals surface area (Å²) in [5, 5.41) is 10.1. The highest BCUT2D eigenvalue weighted by Gasteiger charge is 2.32. The Kier molecular flexibility index (Phi) is 7.57. The third kappa shape index (κ3) is 5.05. The Morgan fingerprint density at radius 3 is 2.70 bits per heavy atom. The fourth-order valence-corrected chi connectivity index (χ4v) is 4.19. The summed E-state index contributed by atoms with van der Waals surface area (Å²) in [6, 6.07) is 13.0. The predicted octanol–water partition coefficient (Wildman–Crippen LogP) is 3.99. The van der Waals surface area contributed by atoms with Crippen LogP contribution in [0.2, 0.25) is 0 Å². The predicted molar refractivity (Wildman–Crippen MR) is 117 cm³/mol. The summed E-state index contributed by atoms with van der Waals surface area (Å²) in [5.74, 6) is 1.91. The van der Waals surface area contributed by atoms with Crippen molar-refractivity contribution in [1.82, 2.24) is 9.80 Å². The molecule has 0 spiro atoms. The molecule has 162 valence electrons. The lowest BCUT2D eigenvalue weighted by Gasteiger charge is -2.30. The van der Waals surface area contributed by atoms with Crippen LogP contribution in [0.15, 0.2) is 42.5 Å². The number of benzene rings is 2. The quantitative estimate of drug-likeness (QED) is 0.675. The van der Waals surface area contributed by atoms with Crippen molar-refractivity contribution < 1.29 is 19.4 Å². The second-order valence-corrected chi connectivity index (χ2v) is 7.69. The number of hydrogen-bond acceptors (Lipinski definition) is 5. The van der Waals surface area contributed by atoms with E-state index in [9.17, 15) is 9.90 Å². The standard InChI is InChI=1S/C24H32N2O4/c1-4-13-25(16-18-8-5-6-10-22(18)27)17-24(28)26-14-7-9-21(26)20-15-19(29-2)11-12-23(20)30-3/h5-6,8,10-12,15,21,27H,4,7,9,13-14,16-17H2,1-3H3. The number of methoxy groups -OCH3 is 2. The van der Waals surface area contributed by atoms with Gasteiger partial charge in [0, 0.05) is 24.2 Å². The van der Waals surface area contributed by atoms with E-state index in [0.717, 1.165) is 55.0 Å². The van der Waals surface area contributed by atoms with E-state index in [1.807, 2.05) is 41.3 Å². The molecule has 6 nitrogen and oxygen atoms in total. The summed E-state index contributed by atoms with van der Waals surface area (Å²) in [6.45, 7) is 4.50. The maximum atomic E-state index is 13.3. The normalized spacial score (nSPS) is 16.1. The van der Waals surface area contributed by atoms with Crippen LogP contribution in [0.3, 0.4) is 0 Å². The molecule has 6 heteroatoms. The molecular weight excluding hydrogens is 380 g/mol. The summed E-state index contributed by atoms with van der Waals surface area (Å²) in [6.07, 6.45) is 2.81. The van der Waals surface area contributed by atoms with E-state index in [-0.39, 0.29) is 17.7 Å². The van der Waals surface area contributed by atoms with Crippen molar-refractivity contribution in [3.8, 4) is 17.2 Å². The van der Waals surface area contributed by atoms with Gasteiger partial charge in [0.15, 0.2) is 0 Å². The first-order valence-electron chi connectivity index (χ1n) is 10.6. The highest BCUT2D eigenvalue weighted by atomic mass is 16.5. The van der Waals surface area contributed by atoms with Gasteiger partial charge < -0.3 is 19.5 Å². The molecule has 2 aromatic carbocycles. The van der Waals surface area contributed by atoms with Gasteiger partial charge in [-0.1, -0.05) is 25.1 Å². The second kappa shape index (κ2) is 10.3. The molecule has 1 unspecified atom stereocenters. The number of para-hydroxylation sites is 1. The zero-order chi connectivity index (χ0) is 21.5. The fraction of sp³-hybridized carbons (Fsp3) is 0.458. The molecule has 0 saturated carbocycles. The lowest BCUT2D eigenvalue weighted by molar-refractivity contribution is -0.133. The summed E-state index contributed by atoms with van der Waals surface area (Å²) < 4.78 is 11.0. The van der Waals surface area contributed by atoms with Gasteiger partial charge in [-0.2, -0.15) is 0 Å². The van der Waals surface area contributed by atoms with E-state index >= 15 is 0 Å². The third-order valence-corrected chi connectivity index (χ3v) is 5.65. The van der Waals surface area contributed by atoms with E-state index in [4.69, 9.17) is 9.47 Å². The van der Waals surface area contributed by atoms with Gasteiger partial charge in [-0.25, -0.2) is 0 Å². The number of likely N-dealkylation sites (tertiary alicyclic amines) is 1. The van der Waals surface area contributed by atoms with E-state index in [0.29, 0.717) is 13.1 Å². The molecule has 0 aromatic heterocycles. The Bertz CT molecular complexity index is 855. The van der Waals surface area contributed by atoms with E-state index < -0.39 is 0 Å². The van der Waals surface area contributed by atoms with Gasteiger partial charge in [-0.3, -0.25) is 9.69 Å². The van der Waals surface area contributed by atoms with E-state index in [1.54, 1.807) is 20.3 Å². The number of carbonyl (C=O) groups excluding carboxylic acids is 1. The largest absolute Gasteiger partial charge is 0.508 e. The Balaban J connectivity index is 1.76. The molecule has 30 heavy (non-hydrogen) atoms. The number of carbonyl (C=O) groups is 1. The first-order valence-corrected chi connectivity index (χ1v) is 10.6. The zero-order valence-corrected chi connectivity index (χ0v) is 18.1. The van der Waals surface area contributed by atoms with Crippen molar-refractivity contribution in [3.05, 3.63) is 53.6 Å². The van der Waals surface area contributed by atoms with Crippen molar-refractivity contribution in [2.45, 2.75) is 38.8 Å². The van der Waals surface area contributed by atoms with Crippen LogP contribution in [0.1, 0.15) is 43.4 Å². The summed E-state index contributed by atoms with van der Waals surface area (Å²) in [5.41, 5.74) is 1.83. The minimum Gasteiger partial charge on any atom is -0.508 e. The zero-order valence-electron chi connectivity index (χ0n) is 18.1. The number of phenols is 1. The minimum atomic E-state index is -0.0174. The van der Waals surface area contributed by atoms with E-state index in [1.165, 1.54) is 0 Å². The molecule has 0 aliphatic carbocycles. The third-order valence-electron chi connectivity index (χ3n) is 5.65. The fourth-order valence-electron chi connectivity index (χ4n) is 4.19. The molecule has 3 rings (SSSR count). The number of ether oxygens (including phenoxy) is 2. The molecule has 1 aliphatic rings. The molecule has 1 aliphatic heterocycles. The monoisotopic (exact) mass is 412 g/mol. The van der Waals surface area contributed by atoms with E-state index in [2.05, 4.69) is 11.8 Å². The van der Waals surface area contributed by atoms with Crippen molar-refractivity contribution in [2.24, 2.45) is 0 Å². The van der Waals surface area contributed by atoms with Gasteiger partial charge in [0.25, 0.3) is 0 Å². The lowest BCUT2D eigenvalue weighted by atomic mass is 10.0. The van der Waals surface area contributed by atoms with Crippen LogP contribution >= 0.6 is 0 Å². The summed E-state index contributed by atoms with van der Waals surface area (Å²) in [4.78, 5) is 17.4. The maximum absolute atomic E-state index is 13.3. The first kappa shape index (κ1) is 22.0. The summed E-state index contributed by atoms with van der Waals surface area (Å²) >= 11 is 0.